The third-order valence-electron chi connectivity index (χ3n) is 5.45. The zero-order chi connectivity index (χ0) is 25.2. The van der Waals surface area contributed by atoms with Crippen LogP contribution in [0.15, 0.2) is 77.6 Å². The van der Waals surface area contributed by atoms with Crippen molar-refractivity contribution in [3.05, 3.63) is 88.4 Å². The van der Waals surface area contributed by atoms with Crippen LogP contribution in [0, 0.1) is 10.1 Å². The first kappa shape index (κ1) is 15.5. The maximum atomic E-state index is 11.2. The van der Waals surface area contributed by atoms with Crippen molar-refractivity contribution in [3.8, 4) is 0 Å². The number of nitro groups is 1. The van der Waals surface area contributed by atoms with Gasteiger partial charge in [-0.15, -0.1) is 0 Å². The van der Waals surface area contributed by atoms with Gasteiger partial charge in [0.2, 0.25) is 0 Å². The lowest BCUT2D eigenvalue weighted by Crippen LogP contribution is -2.10. The summed E-state index contributed by atoms with van der Waals surface area (Å²) in [7, 11) is 0. The first-order chi connectivity index (χ1) is 16.5. The first-order valence-electron chi connectivity index (χ1n) is 11.8. The maximum absolute atomic E-state index is 11.2. The summed E-state index contributed by atoms with van der Waals surface area (Å²) in [5, 5.41) is 17.7. The van der Waals surface area contributed by atoms with E-state index < -0.39 is 34.8 Å². The summed E-state index contributed by atoms with van der Waals surface area (Å²) < 4.78 is 36.7. The summed E-state index contributed by atoms with van der Waals surface area (Å²) in [5.74, 6) is 0. The van der Waals surface area contributed by atoms with Gasteiger partial charge in [-0.2, -0.15) is 0 Å². The molecular formula is C26H21N2O2S. The standard InChI is InChI=1S/C26H21N2O2S/c1-26(2,3)19-14-17-5-4-16-7-13-23(22-12-6-18(15-19)24(17)25(16)22)27-31-21-10-8-20(9-11-21)28(29)30/h4-15H,1-3H3/i8D,9D,10D,11D. The summed E-state index contributed by atoms with van der Waals surface area (Å²) in [4.78, 5) is 10.3. The molecule has 1 radical (unpaired) electrons. The van der Waals surface area contributed by atoms with Crippen molar-refractivity contribution in [3.63, 3.8) is 0 Å². The first-order valence-corrected chi connectivity index (χ1v) is 10.6. The number of benzene rings is 5. The Morgan fingerprint density at radius 3 is 2.16 bits per heavy atom. The van der Waals surface area contributed by atoms with E-state index >= 15 is 0 Å². The average molecular weight is 430 g/mol. The molecule has 0 bridgehead atoms. The summed E-state index contributed by atoms with van der Waals surface area (Å²) in [6.45, 7) is 6.58. The topological polar surface area (TPSA) is 57.2 Å². The fourth-order valence-electron chi connectivity index (χ4n) is 3.84. The molecule has 4 nitrogen and oxygen atoms in total. The highest BCUT2D eigenvalue weighted by Crippen LogP contribution is 2.40. The van der Waals surface area contributed by atoms with Crippen molar-refractivity contribution >= 4 is 55.6 Å². The SMILES string of the molecule is [2H]c1c([2H])c([N+](=O)[O-])c([2H])c([2H])c1S[N]c1ccc2ccc3cc(C(C)(C)C)cc4ccc1c2c34. The summed E-state index contributed by atoms with van der Waals surface area (Å²) >= 11 is 0.799. The van der Waals surface area contributed by atoms with Crippen LogP contribution < -0.4 is 4.72 Å². The number of nitro benzene ring substituents is 1. The van der Waals surface area contributed by atoms with Crippen molar-refractivity contribution < 1.29 is 10.4 Å². The molecule has 0 aliphatic rings. The second-order valence-electron chi connectivity index (χ2n) is 8.53. The molecule has 5 rings (SSSR count). The van der Waals surface area contributed by atoms with E-state index in [9.17, 15) is 10.1 Å². The predicted molar refractivity (Wildman–Crippen MR) is 130 cm³/mol. The van der Waals surface area contributed by atoms with Crippen LogP contribution in [0.25, 0.3) is 32.3 Å². The van der Waals surface area contributed by atoms with Crippen LogP contribution in [0.3, 0.4) is 0 Å². The Balaban J connectivity index is 1.62. The lowest BCUT2D eigenvalue weighted by molar-refractivity contribution is -0.384. The molecule has 0 atom stereocenters. The summed E-state index contributed by atoms with van der Waals surface area (Å²) in [5.41, 5.74) is 1.07. The molecule has 0 aliphatic heterocycles. The van der Waals surface area contributed by atoms with Crippen LogP contribution in [0.2, 0.25) is 0 Å². The highest BCUT2D eigenvalue weighted by Gasteiger charge is 2.18. The van der Waals surface area contributed by atoms with Crippen molar-refractivity contribution in [1.82, 2.24) is 4.72 Å². The monoisotopic (exact) mass is 429 g/mol. The Morgan fingerprint density at radius 2 is 1.52 bits per heavy atom. The van der Waals surface area contributed by atoms with Crippen molar-refractivity contribution in [2.45, 2.75) is 31.1 Å². The number of nitrogens with zero attached hydrogens (tertiary/aromatic N) is 2. The molecule has 153 valence electrons. The van der Waals surface area contributed by atoms with Crippen LogP contribution in [0.5, 0.6) is 0 Å². The largest absolute Gasteiger partial charge is 0.269 e. The summed E-state index contributed by atoms with van der Waals surface area (Å²) in [6.07, 6.45) is 0. The van der Waals surface area contributed by atoms with Gasteiger partial charge in [0, 0.05) is 34.3 Å². The number of hydrogen-bond acceptors (Lipinski definition) is 3. The van der Waals surface area contributed by atoms with E-state index in [4.69, 9.17) is 5.48 Å². The molecule has 0 heterocycles. The molecule has 0 saturated carbocycles. The van der Waals surface area contributed by atoms with Crippen LogP contribution in [-0.4, -0.2) is 4.92 Å². The van der Waals surface area contributed by atoms with Gasteiger partial charge in [0.05, 0.1) is 16.1 Å². The van der Waals surface area contributed by atoms with Gasteiger partial charge in [-0.3, -0.25) is 10.1 Å². The van der Waals surface area contributed by atoms with Gasteiger partial charge < -0.3 is 0 Å². The van der Waals surface area contributed by atoms with E-state index in [2.05, 4.69) is 55.8 Å². The minimum absolute atomic E-state index is 0.0156. The Labute approximate surface area is 190 Å². The van der Waals surface area contributed by atoms with E-state index in [0.29, 0.717) is 5.69 Å². The predicted octanol–water partition coefficient (Wildman–Crippen LogP) is 7.73. The average Bonchev–Trinajstić information content (AvgIpc) is 2.80. The van der Waals surface area contributed by atoms with Crippen LogP contribution in [0.4, 0.5) is 11.4 Å². The smallest absolute Gasteiger partial charge is 0.258 e. The van der Waals surface area contributed by atoms with E-state index in [1.807, 2.05) is 18.2 Å². The quantitative estimate of drug-likeness (QED) is 0.127. The molecule has 0 aliphatic carbocycles. The van der Waals surface area contributed by atoms with E-state index in [1.54, 1.807) is 0 Å². The van der Waals surface area contributed by atoms with Gasteiger partial charge in [-0.1, -0.05) is 63.2 Å². The lowest BCUT2D eigenvalue weighted by atomic mass is 9.83. The van der Waals surface area contributed by atoms with Gasteiger partial charge in [-0.05, 0) is 56.1 Å². The normalized spacial score (nSPS) is 13.9. The van der Waals surface area contributed by atoms with Crippen molar-refractivity contribution in [2.24, 2.45) is 0 Å². The Bertz CT molecular complexity index is 1620. The maximum Gasteiger partial charge on any atom is 0.269 e. The molecule has 0 N–H and O–H groups in total. The molecule has 5 aromatic carbocycles. The van der Waals surface area contributed by atoms with Gasteiger partial charge in [0.15, 0.2) is 0 Å². The third-order valence-corrected chi connectivity index (χ3v) is 6.12. The number of hydrogen-bond donors (Lipinski definition) is 0. The molecule has 0 amide bonds. The minimum Gasteiger partial charge on any atom is -0.258 e. The Hall–Kier alpha value is -3.31. The molecule has 0 fully saturated rings. The van der Waals surface area contributed by atoms with E-state index in [-0.39, 0.29) is 10.3 Å². The molecule has 5 heteroatoms. The molecule has 5 aromatic rings. The highest BCUT2D eigenvalue weighted by atomic mass is 32.2. The van der Waals surface area contributed by atoms with E-state index in [0.717, 1.165) is 44.3 Å². The zero-order valence-electron chi connectivity index (χ0n) is 21.2. The third kappa shape index (κ3) is 3.45. The lowest BCUT2D eigenvalue weighted by Gasteiger charge is -2.21. The second-order valence-corrected chi connectivity index (χ2v) is 9.30. The van der Waals surface area contributed by atoms with Crippen molar-refractivity contribution in [2.75, 3.05) is 0 Å². The molecule has 31 heavy (non-hydrogen) atoms. The second kappa shape index (κ2) is 7.13. The van der Waals surface area contributed by atoms with Crippen LogP contribution in [-0.2, 0) is 5.41 Å². The molecular weight excluding hydrogens is 404 g/mol. The zero-order valence-corrected chi connectivity index (χ0v) is 18.1. The fraction of sp³-hybridized carbons (Fsp3) is 0.154. The molecule has 0 spiro atoms. The minimum atomic E-state index is -0.891. The van der Waals surface area contributed by atoms with E-state index in [1.165, 1.54) is 5.56 Å². The molecule has 0 saturated heterocycles. The van der Waals surface area contributed by atoms with Gasteiger partial charge in [0.1, 0.15) is 0 Å². The fourth-order valence-corrected chi connectivity index (χ4v) is 4.38. The molecule has 0 aromatic heterocycles. The number of rotatable bonds is 4. The van der Waals surface area contributed by atoms with Gasteiger partial charge in [-0.25, -0.2) is 4.72 Å². The van der Waals surface area contributed by atoms with Gasteiger partial charge >= 0.3 is 0 Å². The Kier molecular flexibility index (Phi) is 3.56. The highest BCUT2D eigenvalue weighted by molar-refractivity contribution is 7.97. The van der Waals surface area contributed by atoms with Crippen LogP contribution in [0.1, 0.15) is 31.8 Å². The van der Waals surface area contributed by atoms with Crippen LogP contribution >= 0.6 is 11.9 Å². The Morgan fingerprint density at radius 1 is 0.903 bits per heavy atom. The molecule has 0 unspecified atom stereocenters. The van der Waals surface area contributed by atoms with Gasteiger partial charge in [0.25, 0.3) is 5.69 Å². The summed E-state index contributed by atoms with van der Waals surface area (Å²) in [6, 6.07) is 14.3. The van der Waals surface area contributed by atoms with Crippen molar-refractivity contribution in [1.29, 1.82) is 0 Å².